The van der Waals surface area contributed by atoms with Crippen LogP contribution < -0.4 is 15.4 Å². The quantitative estimate of drug-likeness (QED) is 0.146. The fourth-order valence-electron chi connectivity index (χ4n) is 5.05. The van der Waals surface area contributed by atoms with Gasteiger partial charge in [0.05, 0.1) is 22.9 Å². The highest BCUT2D eigenvalue weighted by atomic mass is 31.1. The van der Waals surface area contributed by atoms with Crippen molar-refractivity contribution in [2.45, 2.75) is 26.9 Å². The molecule has 0 amide bonds. The molecule has 1 aliphatic heterocycles. The molecule has 0 saturated heterocycles. The lowest BCUT2D eigenvalue weighted by molar-refractivity contribution is -0.111. The third-order valence-corrected chi connectivity index (χ3v) is 8.89. The monoisotopic (exact) mass is 578 g/mol. The van der Waals surface area contributed by atoms with Crippen LogP contribution >= 0.6 is 17.3 Å². The number of H-pyrrole nitrogens is 1. The number of carbonyl (C=O) groups excluding carboxylic acids is 2. The number of carbonyl (C=O) groups is 2. The number of rotatable bonds is 9. The van der Waals surface area contributed by atoms with E-state index in [0.29, 0.717) is 18.6 Å². The predicted octanol–water partition coefficient (Wildman–Crippen LogP) is 6.91. The molecule has 0 fully saturated rings. The van der Waals surface area contributed by atoms with E-state index in [0.717, 1.165) is 66.6 Å². The number of hydrogen-bond acceptors (Lipinski definition) is 6. The van der Waals surface area contributed by atoms with Crippen LogP contribution in [0.4, 0.5) is 0 Å². The Morgan fingerprint density at radius 2 is 1.88 bits per heavy atom. The van der Waals surface area contributed by atoms with Crippen molar-refractivity contribution >= 4 is 68.1 Å². The third-order valence-electron chi connectivity index (χ3n) is 7.04. The summed E-state index contributed by atoms with van der Waals surface area (Å²) >= 11 is 0. The van der Waals surface area contributed by atoms with Gasteiger partial charge in [0.2, 0.25) is 0 Å². The number of aliphatic imine (C=N–C) groups is 1. The van der Waals surface area contributed by atoms with Crippen molar-refractivity contribution in [3.63, 3.8) is 0 Å². The Labute approximate surface area is 241 Å². The fourth-order valence-corrected chi connectivity index (χ4v) is 6.42. The molecule has 41 heavy (non-hydrogen) atoms. The normalized spacial score (nSPS) is 13.1. The number of ether oxygens (including phenoxy) is 1. The second-order valence-corrected chi connectivity index (χ2v) is 12.3. The first-order valence-corrected chi connectivity index (χ1v) is 15.3. The summed E-state index contributed by atoms with van der Waals surface area (Å²) in [4.78, 5) is 35.1. The lowest BCUT2D eigenvalue weighted by Gasteiger charge is -2.23. The van der Waals surface area contributed by atoms with Crippen molar-refractivity contribution in [1.29, 1.82) is 0 Å². The molecule has 5 aromatic rings. The molecule has 2 heterocycles. The van der Waals surface area contributed by atoms with E-state index < -0.39 is 0 Å². The zero-order valence-electron chi connectivity index (χ0n) is 22.7. The molecular formula is C32H28N4O3P2. The van der Waals surface area contributed by atoms with Gasteiger partial charge in [0.15, 0.2) is 11.0 Å². The van der Waals surface area contributed by atoms with Crippen LogP contribution in [0, 0.1) is 0 Å². The molecule has 2 atom stereocenters. The van der Waals surface area contributed by atoms with E-state index in [4.69, 9.17) is 4.74 Å². The minimum absolute atomic E-state index is 0.0202. The predicted molar refractivity (Wildman–Crippen MR) is 172 cm³/mol. The maximum absolute atomic E-state index is 11.9. The number of hydrogen-bond donors (Lipinski definition) is 2. The largest absolute Gasteiger partial charge is 0.488 e. The number of aromatic amines is 1. The Balaban J connectivity index is 1.31. The molecule has 0 bridgehead atoms. The van der Waals surface area contributed by atoms with Gasteiger partial charge in [-0.1, -0.05) is 43.3 Å². The number of nitrogens with one attached hydrogen (secondary N) is 2. The SMILES string of the molecule is C=N/C=C(\NPC(=O)CC)c1ccc2c3c(ccc2c1)-c1ccc(-c2ccc4nc(PC(C)=O)[nH]c4c2)cc1CO3. The average molecular weight is 579 g/mol. The molecule has 2 unspecified atom stereocenters. The molecule has 9 heteroatoms. The van der Waals surface area contributed by atoms with Gasteiger partial charge >= 0.3 is 0 Å². The van der Waals surface area contributed by atoms with Crippen molar-refractivity contribution in [2.75, 3.05) is 0 Å². The van der Waals surface area contributed by atoms with Crippen LogP contribution in [0.5, 0.6) is 5.75 Å². The Morgan fingerprint density at radius 1 is 1.07 bits per heavy atom. The molecule has 2 N–H and O–H groups in total. The highest BCUT2D eigenvalue weighted by molar-refractivity contribution is 7.64. The lowest BCUT2D eigenvalue weighted by Crippen LogP contribution is -2.07. The standard InChI is InChI=1S/C32H28N4O3P2/c1-4-30(38)41-36-29(16-33-3)22-7-10-25-21(14-22)6-11-26-24-9-5-19(13-23(24)17-39-31(25)26)20-8-12-27-28(15-20)35-32(34-27)40-18(2)37/h5-16,36,40-41H,3-4,17H2,1-2H3,(H,34,35)/b29-16-. The van der Waals surface area contributed by atoms with Crippen molar-refractivity contribution in [3.05, 3.63) is 84.1 Å². The van der Waals surface area contributed by atoms with Gasteiger partial charge in [-0.25, -0.2) is 4.98 Å². The van der Waals surface area contributed by atoms with E-state index >= 15 is 0 Å². The highest BCUT2D eigenvalue weighted by Crippen LogP contribution is 2.44. The Hall–Kier alpha value is -4.18. The van der Waals surface area contributed by atoms with E-state index in [1.807, 2.05) is 19.1 Å². The summed E-state index contributed by atoms with van der Waals surface area (Å²) in [5, 5.41) is 5.30. The van der Waals surface area contributed by atoms with E-state index in [1.165, 1.54) is 0 Å². The molecule has 6 rings (SSSR count). The van der Waals surface area contributed by atoms with Gasteiger partial charge in [-0.05, 0) is 71.6 Å². The molecule has 1 aromatic heterocycles. The van der Waals surface area contributed by atoms with Crippen molar-refractivity contribution in [3.8, 4) is 28.0 Å². The van der Waals surface area contributed by atoms with Crippen LogP contribution in [0.25, 0.3) is 49.8 Å². The van der Waals surface area contributed by atoms with Crippen LogP contribution in [0.1, 0.15) is 31.4 Å². The van der Waals surface area contributed by atoms with Crippen molar-refractivity contribution in [2.24, 2.45) is 4.99 Å². The van der Waals surface area contributed by atoms with E-state index in [9.17, 15) is 9.59 Å². The van der Waals surface area contributed by atoms with Crippen LogP contribution in [0.3, 0.4) is 0 Å². The molecule has 7 nitrogen and oxygen atoms in total. The van der Waals surface area contributed by atoms with Gasteiger partial charge in [0.1, 0.15) is 17.9 Å². The second-order valence-electron chi connectivity index (χ2n) is 9.79. The minimum Gasteiger partial charge on any atom is -0.488 e. The number of nitrogens with zero attached hydrogens (tertiary/aromatic N) is 2. The van der Waals surface area contributed by atoms with Gasteiger partial charge in [-0.3, -0.25) is 14.6 Å². The molecule has 1 aliphatic rings. The van der Waals surface area contributed by atoms with Crippen molar-refractivity contribution in [1.82, 2.24) is 15.1 Å². The second kappa shape index (κ2) is 11.4. The number of imidazole rings is 1. The molecule has 0 aliphatic carbocycles. The molecule has 0 saturated carbocycles. The molecule has 0 radical (unpaired) electrons. The van der Waals surface area contributed by atoms with E-state index in [-0.39, 0.29) is 28.4 Å². The van der Waals surface area contributed by atoms with E-state index in [1.54, 1.807) is 13.1 Å². The summed E-state index contributed by atoms with van der Waals surface area (Å²) in [7, 11) is 0.0161. The average Bonchev–Trinajstić information content (AvgIpc) is 3.38. The Bertz CT molecular complexity index is 1890. The van der Waals surface area contributed by atoms with Crippen molar-refractivity contribution < 1.29 is 14.3 Å². The minimum atomic E-state index is -0.0202. The summed E-state index contributed by atoms with van der Waals surface area (Å²) in [6.45, 7) is 7.49. The van der Waals surface area contributed by atoms with Gasteiger partial charge in [-0.15, -0.1) is 0 Å². The van der Waals surface area contributed by atoms with Crippen LogP contribution in [-0.4, -0.2) is 27.7 Å². The van der Waals surface area contributed by atoms with Crippen LogP contribution in [0.15, 0.2) is 77.9 Å². The molecule has 204 valence electrons. The zero-order chi connectivity index (χ0) is 28.5. The van der Waals surface area contributed by atoms with Crippen LogP contribution in [-0.2, 0) is 16.2 Å². The van der Waals surface area contributed by atoms with Gasteiger partial charge in [0.25, 0.3) is 0 Å². The number of fused-ring (bicyclic) bond motifs is 6. The summed E-state index contributed by atoms with van der Waals surface area (Å²) in [5.74, 6) is 0.871. The summed E-state index contributed by atoms with van der Waals surface area (Å²) in [6.07, 6.45) is 2.14. The molecular weight excluding hydrogens is 550 g/mol. The zero-order valence-corrected chi connectivity index (χ0v) is 24.7. The highest BCUT2D eigenvalue weighted by Gasteiger charge is 2.21. The summed E-state index contributed by atoms with van der Waals surface area (Å²) in [5.41, 5.74) is 9.98. The number of benzene rings is 4. The van der Waals surface area contributed by atoms with Gasteiger partial charge in [-0.2, -0.15) is 0 Å². The van der Waals surface area contributed by atoms with E-state index in [2.05, 4.69) is 81.4 Å². The topological polar surface area (TPSA) is 96.4 Å². The lowest BCUT2D eigenvalue weighted by atomic mass is 9.91. The molecule has 4 aromatic carbocycles. The van der Waals surface area contributed by atoms with Crippen LogP contribution in [0.2, 0.25) is 0 Å². The summed E-state index contributed by atoms with van der Waals surface area (Å²) < 4.78 is 6.36. The first-order chi connectivity index (χ1) is 19.9. The maximum Gasteiger partial charge on any atom is 0.171 e. The van der Waals surface area contributed by atoms with Gasteiger partial charge in [0, 0.05) is 40.2 Å². The first-order valence-electron chi connectivity index (χ1n) is 13.3. The van der Waals surface area contributed by atoms with Gasteiger partial charge < -0.3 is 14.8 Å². The number of aromatic nitrogens is 2. The Morgan fingerprint density at radius 3 is 2.68 bits per heavy atom. The molecule has 0 spiro atoms. The third kappa shape index (κ3) is 5.44. The maximum atomic E-state index is 11.9. The smallest absolute Gasteiger partial charge is 0.171 e. The first kappa shape index (κ1) is 27.0. The fraction of sp³-hybridized carbons (Fsp3) is 0.125. The summed E-state index contributed by atoms with van der Waals surface area (Å²) in [6, 6.07) is 23.0. The Kier molecular flexibility index (Phi) is 7.49.